The number of benzene rings is 2. The van der Waals surface area contributed by atoms with Gasteiger partial charge in [0.05, 0.1) is 12.7 Å². The predicted molar refractivity (Wildman–Crippen MR) is 118 cm³/mol. The van der Waals surface area contributed by atoms with Gasteiger partial charge >= 0.3 is 0 Å². The molecule has 1 aromatic heterocycles. The van der Waals surface area contributed by atoms with Gasteiger partial charge in [-0.15, -0.1) is 0 Å². The molecule has 1 aliphatic heterocycles. The second-order valence-electron chi connectivity index (χ2n) is 7.87. The number of aromatic nitrogens is 2. The second-order valence-corrected chi connectivity index (χ2v) is 7.87. The van der Waals surface area contributed by atoms with E-state index in [1.54, 1.807) is 29.0 Å². The van der Waals surface area contributed by atoms with Crippen LogP contribution in [0.5, 0.6) is 5.75 Å². The van der Waals surface area contributed by atoms with Crippen LogP contribution in [0.15, 0.2) is 48.7 Å². The molecule has 2 aromatic carbocycles. The fourth-order valence-electron chi connectivity index (χ4n) is 3.93. The van der Waals surface area contributed by atoms with E-state index in [4.69, 9.17) is 15.7 Å². The van der Waals surface area contributed by atoms with E-state index < -0.39 is 5.82 Å². The van der Waals surface area contributed by atoms with Crippen LogP contribution in [0.3, 0.4) is 0 Å². The number of likely N-dealkylation sites (tertiary alicyclic amines) is 1. The number of rotatable bonds is 5. The smallest absolute Gasteiger partial charge is 0.244 e. The third-order valence-electron chi connectivity index (χ3n) is 5.63. The van der Waals surface area contributed by atoms with E-state index in [0.717, 1.165) is 24.0 Å². The Kier molecular flexibility index (Phi) is 6.19. The van der Waals surface area contributed by atoms with Gasteiger partial charge in [0.25, 0.3) is 0 Å². The number of ether oxygens (including phenoxy) is 1. The molecule has 0 radical (unpaired) electrons. The van der Waals surface area contributed by atoms with Gasteiger partial charge in [0.2, 0.25) is 5.91 Å². The molecule has 1 saturated heterocycles. The minimum absolute atomic E-state index is 0.00244. The molecule has 3 aromatic rings. The van der Waals surface area contributed by atoms with Crippen LogP contribution in [0.25, 0.3) is 22.4 Å². The monoisotopic (exact) mass is 433 g/mol. The highest BCUT2D eigenvalue weighted by Crippen LogP contribution is 2.33. The zero-order chi connectivity index (χ0) is 22.7. The minimum atomic E-state index is -0.612. The molecule has 0 bridgehead atoms. The third kappa shape index (κ3) is 4.48. The number of nitriles is 1. The first-order chi connectivity index (χ1) is 15.5. The largest absolute Gasteiger partial charge is 0.497 e. The molecule has 8 heteroatoms. The second kappa shape index (κ2) is 9.20. The highest BCUT2D eigenvalue weighted by Gasteiger charge is 2.23. The first kappa shape index (κ1) is 21.5. The Morgan fingerprint density at radius 2 is 2.03 bits per heavy atom. The van der Waals surface area contributed by atoms with Gasteiger partial charge in [0, 0.05) is 36.5 Å². The van der Waals surface area contributed by atoms with Crippen molar-refractivity contribution in [3.63, 3.8) is 0 Å². The number of carbonyl (C=O) groups excluding carboxylic acids is 1. The third-order valence-corrected chi connectivity index (χ3v) is 5.63. The van der Waals surface area contributed by atoms with Crippen molar-refractivity contribution in [2.24, 2.45) is 5.73 Å². The summed E-state index contributed by atoms with van der Waals surface area (Å²) in [7, 11) is 1.59. The predicted octanol–water partition coefficient (Wildman–Crippen LogP) is 3.19. The number of nitrogens with two attached hydrogens (primary N) is 1. The van der Waals surface area contributed by atoms with Gasteiger partial charge in [-0.05, 0) is 42.7 Å². The van der Waals surface area contributed by atoms with Crippen molar-refractivity contribution in [2.45, 2.75) is 25.4 Å². The zero-order valence-electron chi connectivity index (χ0n) is 17.8. The summed E-state index contributed by atoms with van der Waals surface area (Å²) in [5.41, 5.74) is 8.64. The van der Waals surface area contributed by atoms with Crippen molar-refractivity contribution < 1.29 is 13.9 Å². The maximum atomic E-state index is 14.3. The van der Waals surface area contributed by atoms with Gasteiger partial charge < -0.3 is 15.4 Å². The molecule has 2 N–H and O–H groups in total. The molecule has 0 saturated carbocycles. The van der Waals surface area contributed by atoms with Crippen LogP contribution in [-0.4, -0.2) is 46.8 Å². The van der Waals surface area contributed by atoms with Crippen LogP contribution >= 0.6 is 0 Å². The quantitative estimate of drug-likeness (QED) is 0.667. The maximum Gasteiger partial charge on any atom is 0.244 e. The molecule has 164 valence electrons. The Labute approximate surface area is 185 Å². The van der Waals surface area contributed by atoms with Crippen molar-refractivity contribution in [1.29, 1.82) is 5.26 Å². The molecule has 1 amide bonds. The Balaban J connectivity index is 1.70. The van der Waals surface area contributed by atoms with Gasteiger partial charge in [0.15, 0.2) is 0 Å². The molecule has 0 aliphatic carbocycles. The first-order valence-corrected chi connectivity index (χ1v) is 10.4. The lowest BCUT2D eigenvalue weighted by Crippen LogP contribution is -2.46. The highest BCUT2D eigenvalue weighted by molar-refractivity contribution is 5.82. The Hall–Kier alpha value is -3.70. The SMILES string of the molecule is COc1ccc(-c2cn(CC(=O)N3CCCC(N)C3)nc2-c2ccc(C#N)c(F)c2)cc1. The summed E-state index contributed by atoms with van der Waals surface area (Å²) in [5.74, 6) is 0.0452. The van der Waals surface area contributed by atoms with E-state index in [2.05, 4.69) is 5.10 Å². The van der Waals surface area contributed by atoms with Gasteiger partial charge in [0.1, 0.15) is 29.9 Å². The van der Waals surface area contributed by atoms with E-state index in [0.29, 0.717) is 30.1 Å². The number of carbonyl (C=O) groups is 1. The highest BCUT2D eigenvalue weighted by atomic mass is 19.1. The number of hydrogen-bond donors (Lipinski definition) is 1. The van der Waals surface area contributed by atoms with Gasteiger partial charge in [-0.2, -0.15) is 10.4 Å². The summed E-state index contributed by atoms with van der Waals surface area (Å²) in [6, 6.07) is 13.6. The number of amides is 1. The van der Waals surface area contributed by atoms with E-state index in [9.17, 15) is 9.18 Å². The lowest BCUT2D eigenvalue weighted by Gasteiger charge is -2.30. The standard InChI is InChI=1S/C24H24FN5O2/c1-32-20-8-6-16(7-9-20)21-14-30(15-23(31)29-10-2-3-19(27)13-29)28-24(21)17-4-5-18(12-26)22(25)11-17/h4-9,11,14,19H,2-3,10,13,15,27H2,1H3. The lowest BCUT2D eigenvalue weighted by molar-refractivity contribution is -0.133. The van der Waals surface area contributed by atoms with Crippen LogP contribution in [0.4, 0.5) is 4.39 Å². The number of nitrogens with zero attached hydrogens (tertiary/aromatic N) is 4. The first-order valence-electron chi connectivity index (χ1n) is 10.4. The molecule has 1 fully saturated rings. The Morgan fingerprint density at radius 1 is 1.28 bits per heavy atom. The van der Waals surface area contributed by atoms with Gasteiger partial charge in [-0.25, -0.2) is 4.39 Å². The Bertz CT molecular complexity index is 1170. The van der Waals surface area contributed by atoms with Crippen LogP contribution in [0.2, 0.25) is 0 Å². The van der Waals surface area contributed by atoms with Crippen LogP contribution in [-0.2, 0) is 11.3 Å². The molecule has 7 nitrogen and oxygen atoms in total. The topological polar surface area (TPSA) is 97.2 Å². The normalized spacial score (nSPS) is 15.9. The van der Waals surface area contributed by atoms with Crippen molar-refractivity contribution in [2.75, 3.05) is 20.2 Å². The summed E-state index contributed by atoms with van der Waals surface area (Å²) in [6.45, 7) is 1.29. The average Bonchev–Trinajstić information content (AvgIpc) is 3.22. The van der Waals surface area contributed by atoms with E-state index in [1.165, 1.54) is 12.1 Å². The molecule has 1 aliphatic rings. The van der Waals surface area contributed by atoms with Crippen molar-refractivity contribution in [3.8, 4) is 34.2 Å². The zero-order valence-corrected chi connectivity index (χ0v) is 17.8. The summed E-state index contributed by atoms with van der Waals surface area (Å²) < 4.78 is 21.1. The van der Waals surface area contributed by atoms with Crippen molar-refractivity contribution in [1.82, 2.24) is 14.7 Å². The number of halogens is 1. The fourth-order valence-corrected chi connectivity index (χ4v) is 3.93. The molecule has 2 heterocycles. The van der Waals surface area contributed by atoms with Gasteiger partial charge in [-0.3, -0.25) is 9.48 Å². The fraction of sp³-hybridized carbons (Fsp3) is 0.292. The minimum Gasteiger partial charge on any atom is -0.497 e. The van der Waals surface area contributed by atoms with Crippen LogP contribution in [0.1, 0.15) is 18.4 Å². The van der Waals surface area contributed by atoms with Crippen molar-refractivity contribution in [3.05, 3.63) is 60.0 Å². The molecule has 1 atom stereocenters. The molecule has 1 unspecified atom stereocenters. The van der Waals surface area contributed by atoms with Crippen LogP contribution in [0, 0.1) is 17.1 Å². The summed E-state index contributed by atoms with van der Waals surface area (Å²) in [4.78, 5) is 14.6. The summed E-state index contributed by atoms with van der Waals surface area (Å²) in [6.07, 6.45) is 3.59. The molecule has 32 heavy (non-hydrogen) atoms. The van der Waals surface area contributed by atoms with E-state index in [1.807, 2.05) is 30.3 Å². The average molecular weight is 433 g/mol. The molecular weight excluding hydrogens is 409 g/mol. The van der Waals surface area contributed by atoms with Crippen LogP contribution < -0.4 is 10.5 Å². The number of piperidine rings is 1. The molecule has 0 spiro atoms. The number of hydrogen-bond acceptors (Lipinski definition) is 5. The lowest BCUT2D eigenvalue weighted by atomic mass is 10.0. The molecule has 4 rings (SSSR count). The van der Waals surface area contributed by atoms with E-state index >= 15 is 0 Å². The van der Waals surface area contributed by atoms with Gasteiger partial charge in [-0.1, -0.05) is 18.2 Å². The number of methoxy groups -OCH3 is 1. The summed E-state index contributed by atoms with van der Waals surface area (Å²) in [5, 5.41) is 13.6. The van der Waals surface area contributed by atoms with Crippen molar-refractivity contribution >= 4 is 5.91 Å². The Morgan fingerprint density at radius 3 is 2.69 bits per heavy atom. The van der Waals surface area contributed by atoms with E-state index in [-0.39, 0.29) is 24.1 Å². The summed E-state index contributed by atoms with van der Waals surface area (Å²) >= 11 is 0. The molecular formula is C24H24FN5O2. The maximum absolute atomic E-state index is 14.3.